The predicted octanol–water partition coefficient (Wildman–Crippen LogP) is 1.98. The van der Waals surface area contributed by atoms with Gasteiger partial charge in [-0.25, -0.2) is 0 Å². The first-order chi connectivity index (χ1) is 5.90. The zero-order valence-corrected chi connectivity index (χ0v) is 7.17. The van der Waals surface area contributed by atoms with Crippen molar-refractivity contribution >= 4 is 0 Å². The summed E-state index contributed by atoms with van der Waals surface area (Å²) in [6.45, 7) is 0. The summed E-state index contributed by atoms with van der Waals surface area (Å²) >= 11 is 0. The molecule has 2 nitrogen and oxygen atoms in total. The predicted molar refractivity (Wildman–Crippen MR) is 43.0 cm³/mol. The molecule has 0 aliphatic rings. The van der Waals surface area contributed by atoms with Crippen molar-refractivity contribution in [2.24, 2.45) is 12.8 Å². The molecule has 1 rings (SSSR count). The first-order valence-corrected chi connectivity index (χ1v) is 3.84. The second-order valence-corrected chi connectivity index (χ2v) is 2.97. The van der Waals surface area contributed by atoms with Gasteiger partial charge in [0.1, 0.15) is 0 Å². The molecule has 0 radical (unpaired) electrons. The lowest BCUT2D eigenvalue weighted by Crippen LogP contribution is -2.21. The molecule has 0 unspecified atom stereocenters. The Kier molecular flexibility index (Phi) is 2.66. The standard InChI is InChI=1S/C8H11F3N2/c1-13-4-2-3-7(13)6(12)5-8(9,10)11/h2-4,6H,5,12H2,1H3/t6-/m0/s1. The van der Waals surface area contributed by atoms with Gasteiger partial charge in [0.2, 0.25) is 0 Å². The van der Waals surface area contributed by atoms with Gasteiger partial charge in [0.15, 0.2) is 0 Å². The zero-order valence-electron chi connectivity index (χ0n) is 7.17. The Morgan fingerprint density at radius 2 is 2.15 bits per heavy atom. The fraction of sp³-hybridized carbons (Fsp3) is 0.500. The van der Waals surface area contributed by atoms with E-state index in [-0.39, 0.29) is 0 Å². The molecule has 1 atom stereocenters. The molecule has 0 aliphatic heterocycles. The molecule has 0 spiro atoms. The summed E-state index contributed by atoms with van der Waals surface area (Å²) in [5, 5.41) is 0. The third-order valence-electron chi connectivity index (χ3n) is 1.82. The van der Waals surface area contributed by atoms with Crippen LogP contribution in [-0.4, -0.2) is 10.7 Å². The van der Waals surface area contributed by atoms with Crippen LogP contribution in [-0.2, 0) is 7.05 Å². The van der Waals surface area contributed by atoms with Gasteiger partial charge < -0.3 is 10.3 Å². The first-order valence-electron chi connectivity index (χ1n) is 3.84. The quantitative estimate of drug-likeness (QED) is 0.763. The molecule has 5 heteroatoms. The molecule has 0 aromatic carbocycles. The number of halogens is 3. The van der Waals surface area contributed by atoms with Crippen molar-refractivity contribution in [1.82, 2.24) is 4.57 Å². The number of nitrogens with zero attached hydrogens (tertiary/aromatic N) is 1. The second-order valence-electron chi connectivity index (χ2n) is 2.97. The van der Waals surface area contributed by atoms with E-state index in [1.165, 1.54) is 0 Å². The average molecular weight is 192 g/mol. The second kappa shape index (κ2) is 3.41. The highest BCUT2D eigenvalue weighted by Gasteiger charge is 2.31. The van der Waals surface area contributed by atoms with Crippen molar-refractivity contribution in [2.75, 3.05) is 0 Å². The first kappa shape index (κ1) is 10.1. The molecule has 0 aliphatic carbocycles. The highest BCUT2D eigenvalue weighted by Crippen LogP contribution is 2.27. The van der Waals surface area contributed by atoms with Crippen molar-refractivity contribution in [3.8, 4) is 0 Å². The highest BCUT2D eigenvalue weighted by molar-refractivity contribution is 5.11. The summed E-state index contributed by atoms with van der Waals surface area (Å²) in [6, 6.07) is 2.29. The lowest BCUT2D eigenvalue weighted by atomic mass is 10.1. The van der Waals surface area contributed by atoms with Crippen LogP contribution in [0.15, 0.2) is 18.3 Å². The van der Waals surface area contributed by atoms with Crippen molar-refractivity contribution in [2.45, 2.75) is 18.6 Å². The number of nitrogens with two attached hydrogens (primary N) is 1. The van der Waals surface area contributed by atoms with E-state index < -0.39 is 18.6 Å². The summed E-state index contributed by atoms with van der Waals surface area (Å²) < 4.78 is 37.4. The molecule has 1 aromatic heterocycles. The lowest BCUT2D eigenvalue weighted by Gasteiger charge is -2.14. The molecule has 2 N–H and O–H groups in total. The molecule has 13 heavy (non-hydrogen) atoms. The van der Waals surface area contributed by atoms with Crippen LogP contribution in [0.3, 0.4) is 0 Å². The number of aryl methyl sites for hydroxylation is 1. The molecule has 1 heterocycles. The summed E-state index contributed by atoms with van der Waals surface area (Å²) in [5.74, 6) is 0. The smallest absolute Gasteiger partial charge is 0.353 e. The zero-order chi connectivity index (χ0) is 10.1. The Morgan fingerprint density at radius 3 is 2.54 bits per heavy atom. The van der Waals surface area contributed by atoms with E-state index in [9.17, 15) is 13.2 Å². The van der Waals surface area contributed by atoms with Crippen LogP contribution in [0.1, 0.15) is 18.2 Å². The van der Waals surface area contributed by atoms with Crippen molar-refractivity contribution < 1.29 is 13.2 Å². The van der Waals surface area contributed by atoms with Crippen LogP contribution in [0.2, 0.25) is 0 Å². The fourth-order valence-electron chi connectivity index (χ4n) is 1.21. The normalized spacial score (nSPS) is 14.5. The van der Waals surface area contributed by atoms with E-state index in [1.54, 1.807) is 29.9 Å². The Hall–Kier alpha value is -0.970. The topological polar surface area (TPSA) is 30.9 Å². The maximum absolute atomic E-state index is 11.9. The molecule has 0 saturated carbocycles. The third-order valence-corrected chi connectivity index (χ3v) is 1.82. The summed E-state index contributed by atoms with van der Waals surface area (Å²) in [7, 11) is 1.67. The maximum atomic E-state index is 11.9. The minimum Gasteiger partial charge on any atom is -0.353 e. The van der Waals surface area contributed by atoms with E-state index in [0.717, 1.165) is 0 Å². The van der Waals surface area contributed by atoms with Gasteiger partial charge in [-0.05, 0) is 12.1 Å². The van der Waals surface area contributed by atoms with Gasteiger partial charge in [-0.15, -0.1) is 0 Å². The van der Waals surface area contributed by atoms with E-state index in [1.807, 2.05) is 0 Å². The highest BCUT2D eigenvalue weighted by atomic mass is 19.4. The van der Waals surface area contributed by atoms with Crippen LogP contribution < -0.4 is 5.73 Å². The fourth-order valence-corrected chi connectivity index (χ4v) is 1.21. The largest absolute Gasteiger partial charge is 0.390 e. The third kappa shape index (κ3) is 2.77. The average Bonchev–Trinajstić information content (AvgIpc) is 2.30. The van der Waals surface area contributed by atoms with Crippen molar-refractivity contribution in [3.63, 3.8) is 0 Å². The molecular weight excluding hydrogens is 181 g/mol. The minimum absolute atomic E-state index is 0.498. The molecule has 74 valence electrons. The van der Waals surface area contributed by atoms with Crippen LogP contribution in [0.5, 0.6) is 0 Å². The van der Waals surface area contributed by atoms with Crippen molar-refractivity contribution in [1.29, 1.82) is 0 Å². The van der Waals surface area contributed by atoms with Gasteiger partial charge in [0, 0.05) is 18.9 Å². The van der Waals surface area contributed by atoms with Gasteiger partial charge in [-0.1, -0.05) is 0 Å². The van der Waals surface area contributed by atoms with Gasteiger partial charge in [-0.2, -0.15) is 13.2 Å². The molecule has 0 saturated heterocycles. The van der Waals surface area contributed by atoms with Crippen LogP contribution in [0, 0.1) is 0 Å². The summed E-state index contributed by atoms with van der Waals surface area (Å²) in [5.41, 5.74) is 5.88. The van der Waals surface area contributed by atoms with Crippen LogP contribution in [0.4, 0.5) is 13.2 Å². The Balaban J connectivity index is 2.69. The van der Waals surface area contributed by atoms with E-state index in [4.69, 9.17) is 5.73 Å². The van der Waals surface area contributed by atoms with E-state index in [0.29, 0.717) is 5.69 Å². The van der Waals surface area contributed by atoms with Crippen LogP contribution in [0.25, 0.3) is 0 Å². The number of aromatic nitrogens is 1. The van der Waals surface area contributed by atoms with Crippen LogP contribution >= 0.6 is 0 Å². The van der Waals surface area contributed by atoms with Crippen molar-refractivity contribution in [3.05, 3.63) is 24.0 Å². The Labute approximate surface area is 74.1 Å². The number of alkyl halides is 3. The molecule has 0 fully saturated rings. The van der Waals surface area contributed by atoms with Gasteiger partial charge in [0.25, 0.3) is 0 Å². The molecule has 0 amide bonds. The monoisotopic (exact) mass is 192 g/mol. The minimum atomic E-state index is -4.20. The molecule has 0 bridgehead atoms. The van der Waals surface area contributed by atoms with Gasteiger partial charge in [0.05, 0.1) is 12.5 Å². The van der Waals surface area contributed by atoms with Gasteiger partial charge in [-0.3, -0.25) is 0 Å². The number of rotatable bonds is 2. The number of hydrogen-bond donors (Lipinski definition) is 1. The molecular formula is C8H11F3N2. The Bertz CT molecular complexity index is 277. The maximum Gasteiger partial charge on any atom is 0.390 e. The Morgan fingerprint density at radius 1 is 1.54 bits per heavy atom. The summed E-state index contributed by atoms with van der Waals surface area (Å²) in [6.07, 6.45) is -3.51. The van der Waals surface area contributed by atoms with E-state index >= 15 is 0 Å². The molecule has 1 aromatic rings. The van der Waals surface area contributed by atoms with E-state index in [2.05, 4.69) is 0 Å². The number of hydrogen-bond acceptors (Lipinski definition) is 1. The SMILES string of the molecule is Cn1cccc1[C@@H](N)CC(F)(F)F. The summed E-state index contributed by atoms with van der Waals surface area (Å²) in [4.78, 5) is 0. The van der Waals surface area contributed by atoms with Gasteiger partial charge >= 0.3 is 6.18 Å². The lowest BCUT2D eigenvalue weighted by molar-refractivity contribution is -0.138.